The Kier molecular flexibility index (Phi) is 8.37. The van der Waals surface area contributed by atoms with Crippen molar-refractivity contribution in [1.82, 2.24) is 14.8 Å². The van der Waals surface area contributed by atoms with E-state index in [-0.39, 0.29) is 30.6 Å². The van der Waals surface area contributed by atoms with Gasteiger partial charge in [-0.3, -0.25) is 14.5 Å². The van der Waals surface area contributed by atoms with Crippen molar-refractivity contribution in [3.05, 3.63) is 59.4 Å². The lowest BCUT2D eigenvalue weighted by atomic mass is 9.91. The van der Waals surface area contributed by atoms with Crippen LogP contribution in [0, 0.1) is 11.2 Å². The molecule has 214 valence electrons. The van der Waals surface area contributed by atoms with E-state index in [1.165, 1.54) is 11.1 Å². The van der Waals surface area contributed by atoms with Crippen LogP contribution >= 0.6 is 0 Å². The molecular formula is C30H37FN4O5. The lowest BCUT2D eigenvalue weighted by Crippen LogP contribution is -2.47. The fourth-order valence-corrected chi connectivity index (χ4v) is 5.16. The molecule has 0 bridgehead atoms. The normalized spacial score (nSPS) is 19.1. The molecule has 9 nitrogen and oxygen atoms in total. The molecule has 1 atom stereocenters. The zero-order valence-corrected chi connectivity index (χ0v) is 23.4. The number of ether oxygens (including phenoxy) is 3. The Morgan fingerprint density at radius 2 is 1.82 bits per heavy atom. The fourth-order valence-electron chi connectivity index (χ4n) is 5.16. The molecule has 1 saturated heterocycles. The molecule has 2 aromatic carbocycles. The molecule has 0 unspecified atom stereocenters. The van der Waals surface area contributed by atoms with Crippen LogP contribution in [-0.4, -0.2) is 85.1 Å². The number of carbonyl (C=O) groups excluding carboxylic acids is 2. The number of hydrogen-bond donors (Lipinski definition) is 0. The third-order valence-electron chi connectivity index (χ3n) is 7.28. The Morgan fingerprint density at radius 3 is 2.58 bits per heavy atom. The number of fused-ring (bicyclic) bond motifs is 1. The average Bonchev–Trinajstić information content (AvgIpc) is 3.58. The van der Waals surface area contributed by atoms with Crippen LogP contribution in [0.15, 0.2) is 47.6 Å². The van der Waals surface area contributed by atoms with E-state index in [2.05, 4.69) is 10.0 Å². The van der Waals surface area contributed by atoms with Crippen molar-refractivity contribution in [1.29, 1.82) is 0 Å². The number of amides is 2. The molecule has 0 N–H and O–H groups in total. The molecular weight excluding hydrogens is 515 g/mol. The van der Waals surface area contributed by atoms with Crippen LogP contribution in [0.1, 0.15) is 50.8 Å². The smallest absolute Gasteiger partial charge is 0.262 e. The Bertz CT molecular complexity index is 1270. The van der Waals surface area contributed by atoms with Gasteiger partial charge in [0.15, 0.2) is 11.5 Å². The van der Waals surface area contributed by atoms with Crippen LogP contribution < -0.4 is 9.47 Å². The van der Waals surface area contributed by atoms with E-state index in [0.717, 1.165) is 18.7 Å². The summed E-state index contributed by atoms with van der Waals surface area (Å²) in [6.45, 7) is 10.0. The SMILES string of the molecule is CC(C)(C)CC(=O)N(CCN1CCOCC1)CC(=O)N1N=C(c2ccccc2F)C[C@H]1c1ccc2c(c1)OCO2. The van der Waals surface area contributed by atoms with Gasteiger partial charge in [-0.1, -0.05) is 45.0 Å². The highest BCUT2D eigenvalue weighted by molar-refractivity contribution is 6.03. The maximum absolute atomic E-state index is 14.7. The van der Waals surface area contributed by atoms with Gasteiger partial charge in [-0.05, 0) is 29.2 Å². The lowest BCUT2D eigenvalue weighted by Gasteiger charge is -2.32. The molecule has 3 aliphatic heterocycles. The lowest BCUT2D eigenvalue weighted by molar-refractivity contribution is -0.142. The summed E-state index contributed by atoms with van der Waals surface area (Å²) >= 11 is 0. The molecule has 3 heterocycles. The summed E-state index contributed by atoms with van der Waals surface area (Å²) in [4.78, 5) is 31.2. The fraction of sp³-hybridized carbons (Fsp3) is 0.500. The number of hydrogen-bond acceptors (Lipinski definition) is 7. The van der Waals surface area contributed by atoms with E-state index < -0.39 is 11.9 Å². The number of benzene rings is 2. The molecule has 0 aliphatic carbocycles. The largest absolute Gasteiger partial charge is 0.454 e. The molecule has 0 spiro atoms. The summed E-state index contributed by atoms with van der Waals surface area (Å²) < 4.78 is 31.2. The molecule has 1 fully saturated rings. The van der Waals surface area contributed by atoms with Gasteiger partial charge in [-0.15, -0.1) is 0 Å². The highest BCUT2D eigenvalue weighted by Gasteiger charge is 2.36. The zero-order valence-electron chi connectivity index (χ0n) is 23.4. The van der Waals surface area contributed by atoms with Crippen molar-refractivity contribution < 1.29 is 28.2 Å². The topological polar surface area (TPSA) is 83.9 Å². The van der Waals surface area contributed by atoms with Gasteiger partial charge in [-0.25, -0.2) is 9.40 Å². The predicted octanol–water partition coefficient (Wildman–Crippen LogP) is 3.83. The van der Waals surface area contributed by atoms with E-state index in [1.54, 1.807) is 23.1 Å². The molecule has 3 aliphatic rings. The number of halogens is 1. The van der Waals surface area contributed by atoms with Gasteiger partial charge >= 0.3 is 0 Å². The van der Waals surface area contributed by atoms with Crippen LogP contribution in [0.3, 0.4) is 0 Å². The second kappa shape index (κ2) is 11.9. The van der Waals surface area contributed by atoms with Gasteiger partial charge in [0, 0.05) is 44.6 Å². The van der Waals surface area contributed by atoms with Gasteiger partial charge in [0.05, 0.1) is 25.0 Å². The molecule has 0 aromatic heterocycles. The van der Waals surface area contributed by atoms with Crippen molar-refractivity contribution in [3.8, 4) is 11.5 Å². The van der Waals surface area contributed by atoms with Crippen LogP contribution in [0.25, 0.3) is 0 Å². The minimum atomic E-state index is -0.476. The van der Waals surface area contributed by atoms with Crippen molar-refractivity contribution in [2.24, 2.45) is 10.5 Å². The van der Waals surface area contributed by atoms with Gasteiger partial charge in [0.25, 0.3) is 5.91 Å². The van der Waals surface area contributed by atoms with Crippen LogP contribution in [0.5, 0.6) is 11.5 Å². The van der Waals surface area contributed by atoms with Crippen molar-refractivity contribution >= 4 is 17.5 Å². The van der Waals surface area contributed by atoms with Crippen molar-refractivity contribution in [2.75, 3.05) is 52.7 Å². The maximum Gasteiger partial charge on any atom is 0.262 e. The first-order valence-electron chi connectivity index (χ1n) is 13.8. The number of hydrazone groups is 1. The van der Waals surface area contributed by atoms with E-state index >= 15 is 0 Å². The summed E-state index contributed by atoms with van der Waals surface area (Å²) in [5.74, 6) is 0.436. The third kappa shape index (κ3) is 6.62. The molecule has 0 radical (unpaired) electrons. The quantitative estimate of drug-likeness (QED) is 0.495. The van der Waals surface area contributed by atoms with E-state index in [4.69, 9.17) is 14.2 Å². The first kappa shape index (κ1) is 28.0. The Labute approximate surface area is 234 Å². The Balaban J connectivity index is 1.40. The first-order valence-corrected chi connectivity index (χ1v) is 13.8. The van der Waals surface area contributed by atoms with Crippen molar-refractivity contribution in [3.63, 3.8) is 0 Å². The minimum Gasteiger partial charge on any atom is -0.454 e. The number of nitrogens with zero attached hydrogens (tertiary/aromatic N) is 4. The first-order chi connectivity index (χ1) is 19.2. The highest BCUT2D eigenvalue weighted by atomic mass is 19.1. The molecule has 40 heavy (non-hydrogen) atoms. The molecule has 0 saturated carbocycles. The standard InChI is InChI=1S/C30H37FN4O5/c1-30(2,3)18-28(36)34(11-10-33-12-14-38-15-13-33)19-29(37)35-25(21-8-9-26-27(16-21)40-20-39-26)17-24(32-35)22-6-4-5-7-23(22)31/h4-9,16,25H,10-15,17-20H2,1-3H3/t25-/m0/s1. The number of carbonyl (C=O) groups is 2. The minimum absolute atomic E-state index is 0.0776. The van der Waals surface area contributed by atoms with Gasteiger partial charge in [0.2, 0.25) is 12.7 Å². The summed E-state index contributed by atoms with van der Waals surface area (Å²) in [5.41, 5.74) is 1.41. The highest BCUT2D eigenvalue weighted by Crippen LogP contribution is 2.39. The molecule has 10 heteroatoms. The van der Waals surface area contributed by atoms with Gasteiger partial charge < -0.3 is 19.1 Å². The summed E-state index contributed by atoms with van der Waals surface area (Å²) in [6.07, 6.45) is 0.648. The number of morpholine rings is 1. The van der Waals surface area contributed by atoms with E-state index in [1.807, 2.05) is 39.0 Å². The second-order valence-electron chi connectivity index (χ2n) is 11.6. The summed E-state index contributed by atoms with van der Waals surface area (Å²) in [7, 11) is 0. The van der Waals surface area contributed by atoms with Crippen LogP contribution in [0.4, 0.5) is 4.39 Å². The van der Waals surface area contributed by atoms with Gasteiger partial charge in [-0.2, -0.15) is 5.10 Å². The Morgan fingerprint density at radius 1 is 1.07 bits per heavy atom. The number of rotatable bonds is 8. The predicted molar refractivity (Wildman–Crippen MR) is 148 cm³/mol. The third-order valence-corrected chi connectivity index (χ3v) is 7.28. The van der Waals surface area contributed by atoms with Crippen molar-refractivity contribution in [2.45, 2.75) is 39.7 Å². The molecule has 5 rings (SSSR count). The molecule has 2 aromatic rings. The second-order valence-corrected chi connectivity index (χ2v) is 11.6. The molecule has 2 amide bonds. The van der Waals surface area contributed by atoms with E-state index in [0.29, 0.717) is 61.9 Å². The monoisotopic (exact) mass is 552 g/mol. The zero-order chi connectivity index (χ0) is 28.3. The van der Waals surface area contributed by atoms with Crippen LogP contribution in [-0.2, 0) is 14.3 Å². The average molecular weight is 553 g/mol. The maximum atomic E-state index is 14.7. The van der Waals surface area contributed by atoms with Gasteiger partial charge in [0.1, 0.15) is 12.4 Å². The Hall–Kier alpha value is -3.50. The van der Waals surface area contributed by atoms with E-state index in [9.17, 15) is 14.0 Å². The summed E-state index contributed by atoms with van der Waals surface area (Å²) in [5, 5.41) is 6.04. The van der Waals surface area contributed by atoms with Crippen LogP contribution in [0.2, 0.25) is 0 Å². The summed E-state index contributed by atoms with van der Waals surface area (Å²) in [6, 6.07) is 11.5.